The van der Waals surface area contributed by atoms with E-state index in [1.165, 1.54) is 4.88 Å². The Morgan fingerprint density at radius 1 is 1.29 bits per heavy atom. The van der Waals surface area contributed by atoms with Crippen LogP contribution in [-0.2, 0) is 6.54 Å². The van der Waals surface area contributed by atoms with Gasteiger partial charge < -0.3 is 15.4 Å². The van der Waals surface area contributed by atoms with Crippen molar-refractivity contribution < 1.29 is 4.74 Å². The van der Waals surface area contributed by atoms with Gasteiger partial charge in [0.2, 0.25) is 0 Å². The second-order valence-corrected chi connectivity index (χ2v) is 4.86. The maximum Gasteiger partial charge on any atom is 0.143 e. The van der Waals surface area contributed by atoms with Crippen molar-refractivity contribution in [2.75, 3.05) is 24.8 Å². The van der Waals surface area contributed by atoms with E-state index in [1.807, 2.05) is 25.2 Å². The molecule has 1 heterocycles. The number of rotatable bonds is 4. The number of para-hydroxylation sites is 1. The Balaban J connectivity index is 2.22. The summed E-state index contributed by atoms with van der Waals surface area (Å²) in [4.78, 5) is 3.44. The highest BCUT2D eigenvalue weighted by Crippen LogP contribution is 2.32. The fourth-order valence-corrected chi connectivity index (χ4v) is 2.52. The summed E-state index contributed by atoms with van der Waals surface area (Å²) in [6, 6.07) is 10.0. The smallest absolute Gasteiger partial charge is 0.143 e. The third kappa shape index (κ3) is 2.53. The van der Waals surface area contributed by atoms with E-state index in [0.29, 0.717) is 5.69 Å². The molecular weight excluding hydrogens is 232 g/mol. The van der Waals surface area contributed by atoms with Crippen molar-refractivity contribution in [3.63, 3.8) is 0 Å². The van der Waals surface area contributed by atoms with Crippen molar-refractivity contribution in [3.8, 4) is 5.75 Å². The Morgan fingerprint density at radius 3 is 2.76 bits per heavy atom. The molecule has 2 N–H and O–H groups in total. The topological polar surface area (TPSA) is 38.5 Å². The summed E-state index contributed by atoms with van der Waals surface area (Å²) in [5.41, 5.74) is 7.75. The summed E-state index contributed by atoms with van der Waals surface area (Å²) in [7, 11) is 3.67. The standard InChI is InChI=1S/C13H16N2OS/c1-15(9-10-5-4-8-17-10)11-6-3-7-12(16-2)13(11)14/h3-8H,9,14H2,1-2H3. The number of hydrogen-bond donors (Lipinski definition) is 1. The van der Waals surface area contributed by atoms with Crippen LogP contribution in [0.3, 0.4) is 0 Å². The molecule has 0 aliphatic rings. The summed E-state index contributed by atoms with van der Waals surface area (Å²) in [5, 5.41) is 2.08. The molecule has 0 saturated heterocycles. The first-order chi connectivity index (χ1) is 8.22. The summed E-state index contributed by atoms with van der Waals surface area (Å²) < 4.78 is 5.22. The van der Waals surface area contributed by atoms with Gasteiger partial charge in [-0.1, -0.05) is 12.1 Å². The van der Waals surface area contributed by atoms with Crippen LogP contribution in [0.5, 0.6) is 5.75 Å². The molecule has 0 atom stereocenters. The SMILES string of the molecule is COc1cccc(N(C)Cc2cccs2)c1N. The van der Waals surface area contributed by atoms with Crippen molar-refractivity contribution in [3.05, 3.63) is 40.6 Å². The number of hydrogen-bond acceptors (Lipinski definition) is 4. The van der Waals surface area contributed by atoms with Crippen molar-refractivity contribution in [1.29, 1.82) is 0 Å². The molecule has 1 aromatic carbocycles. The summed E-state index contributed by atoms with van der Waals surface area (Å²) >= 11 is 1.75. The van der Waals surface area contributed by atoms with Crippen LogP contribution >= 0.6 is 11.3 Å². The van der Waals surface area contributed by atoms with Crippen LogP contribution in [0.25, 0.3) is 0 Å². The quantitative estimate of drug-likeness (QED) is 0.845. The predicted octanol–water partition coefficient (Wildman–Crippen LogP) is 2.98. The molecule has 90 valence electrons. The van der Waals surface area contributed by atoms with Gasteiger partial charge in [0.1, 0.15) is 5.75 Å². The Hall–Kier alpha value is -1.68. The zero-order chi connectivity index (χ0) is 12.3. The molecule has 17 heavy (non-hydrogen) atoms. The van der Waals surface area contributed by atoms with E-state index >= 15 is 0 Å². The Morgan fingerprint density at radius 2 is 2.12 bits per heavy atom. The van der Waals surface area contributed by atoms with Gasteiger partial charge in [-0.2, -0.15) is 0 Å². The molecule has 2 rings (SSSR count). The minimum atomic E-state index is 0.689. The molecule has 0 radical (unpaired) electrons. The first kappa shape index (κ1) is 11.8. The summed E-state index contributed by atoms with van der Waals surface area (Å²) in [6.45, 7) is 0.856. The van der Waals surface area contributed by atoms with Gasteiger partial charge in [-0.15, -0.1) is 11.3 Å². The number of thiophene rings is 1. The lowest BCUT2D eigenvalue weighted by Crippen LogP contribution is -2.17. The molecule has 1 aromatic heterocycles. The third-order valence-electron chi connectivity index (χ3n) is 2.65. The minimum Gasteiger partial charge on any atom is -0.495 e. The minimum absolute atomic E-state index is 0.689. The molecule has 0 fully saturated rings. The van der Waals surface area contributed by atoms with Crippen molar-refractivity contribution >= 4 is 22.7 Å². The number of nitrogens with two attached hydrogens (primary N) is 1. The Labute approximate surface area is 105 Å². The monoisotopic (exact) mass is 248 g/mol. The summed E-state index contributed by atoms with van der Waals surface area (Å²) in [5.74, 6) is 0.723. The Kier molecular flexibility index (Phi) is 3.54. The van der Waals surface area contributed by atoms with Crippen LogP contribution in [0.2, 0.25) is 0 Å². The Bertz CT molecular complexity index is 482. The third-order valence-corrected chi connectivity index (χ3v) is 3.51. The molecule has 3 nitrogen and oxygen atoms in total. The van der Waals surface area contributed by atoms with Crippen LogP contribution < -0.4 is 15.4 Å². The van der Waals surface area contributed by atoms with Crippen LogP contribution in [0.4, 0.5) is 11.4 Å². The second kappa shape index (κ2) is 5.10. The van der Waals surface area contributed by atoms with Gasteiger partial charge in [0.15, 0.2) is 0 Å². The lowest BCUT2D eigenvalue weighted by atomic mass is 10.2. The van der Waals surface area contributed by atoms with E-state index in [0.717, 1.165) is 18.0 Å². The van der Waals surface area contributed by atoms with Gasteiger partial charge in [-0.25, -0.2) is 0 Å². The van der Waals surface area contributed by atoms with Gasteiger partial charge >= 0.3 is 0 Å². The zero-order valence-electron chi connectivity index (χ0n) is 10.0. The van der Waals surface area contributed by atoms with E-state index in [2.05, 4.69) is 22.4 Å². The first-order valence-electron chi connectivity index (χ1n) is 5.38. The van der Waals surface area contributed by atoms with E-state index in [4.69, 9.17) is 10.5 Å². The highest BCUT2D eigenvalue weighted by atomic mass is 32.1. The van der Waals surface area contributed by atoms with Crippen LogP contribution in [0, 0.1) is 0 Å². The maximum atomic E-state index is 6.06. The second-order valence-electron chi connectivity index (χ2n) is 3.83. The molecule has 2 aromatic rings. The molecule has 0 spiro atoms. The lowest BCUT2D eigenvalue weighted by Gasteiger charge is -2.21. The molecule has 0 aliphatic heterocycles. The van der Waals surface area contributed by atoms with E-state index < -0.39 is 0 Å². The fourth-order valence-electron chi connectivity index (χ4n) is 1.76. The number of nitrogen functional groups attached to an aromatic ring is 1. The highest BCUT2D eigenvalue weighted by Gasteiger charge is 2.09. The largest absolute Gasteiger partial charge is 0.495 e. The lowest BCUT2D eigenvalue weighted by molar-refractivity contribution is 0.417. The van der Waals surface area contributed by atoms with Crippen molar-refractivity contribution in [1.82, 2.24) is 0 Å². The summed E-state index contributed by atoms with van der Waals surface area (Å²) in [6.07, 6.45) is 0. The van der Waals surface area contributed by atoms with Gasteiger partial charge in [-0.05, 0) is 23.6 Å². The van der Waals surface area contributed by atoms with E-state index in [9.17, 15) is 0 Å². The number of benzene rings is 1. The predicted molar refractivity (Wildman–Crippen MR) is 73.8 cm³/mol. The van der Waals surface area contributed by atoms with Gasteiger partial charge in [0.25, 0.3) is 0 Å². The number of ether oxygens (including phenoxy) is 1. The van der Waals surface area contributed by atoms with Crippen molar-refractivity contribution in [2.45, 2.75) is 6.54 Å². The van der Waals surface area contributed by atoms with Gasteiger partial charge in [0.05, 0.1) is 25.0 Å². The van der Waals surface area contributed by atoms with Crippen LogP contribution in [0.15, 0.2) is 35.7 Å². The molecule has 0 saturated carbocycles. The van der Waals surface area contributed by atoms with Crippen LogP contribution in [0.1, 0.15) is 4.88 Å². The number of anilines is 2. The van der Waals surface area contributed by atoms with E-state index in [-0.39, 0.29) is 0 Å². The molecule has 0 aliphatic carbocycles. The normalized spacial score (nSPS) is 10.2. The van der Waals surface area contributed by atoms with Gasteiger partial charge in [0, 0.05) is 11.9 Å². The first-order valence-corrected chi connectivity index (χ1v) is 6.26. The van der Waals surface area contributed by atoms with E-state index in [1.54, 1.807) is 18.4 Å². The van der Waals surface area contributed by atoms with Crippen LogP contribution in [-0.4, -0.2) is 14.2 Å². The zero-order valence-corrected chi connectivity index (χ0v) is 10.8. The molecular formula is C13H16N2OS. The van der Waals surface area contributed by atoms with Gasteiger partial charge in [-0.3, -0.25) is 0 Å². The maximum absolute atomic E-state index is 6.06. The molecule has 4 heteroatoms. The van der Waals surface area contributed by atoms with Crippen molar-refractivity contribution in [2.24, 2.45) is 0 Å². The average Bonchev–Trinajstić information content (AvgIpc) is 2.82. The average molecular weight is 248 g/mol. The number of nitrogens with zero attached hydrogens (tertiary/aromatic N) is 1. The fraction of sp³-hybridized carbons (Fsp3) is 0.231. The molecule has 0 bridgehead atoms. The highest BCUT2D eigenvalue weighted by molar-refractivity contribution is 7.09. The molecule has 0 unspecified atom stereocenters. The molecule has 0 amide bonds. The number of methoxy groups -OCH3 is 1.